The summed E-state index contributed by atoms with van der Waals surface area (Å²) in [5, 5.41) is 0. The zero-order valence-electron chi connectivity index (χ0n) is 14.1. The van der Waals surface area contributed by atoms with Gasteiger partial charge in [0.05, 0.1) is 5.92 Å². The molecule has 0 fully saturated rings. The second-order valence-corrected chi connectivity index (χ2v) is 6.77. The molecule has 0 unspecified atom stereocenters. The van der Waals surface area contributed by atoms with E-state index in [4.69, 9.17) is 4.74 Å². The lowest BCUT2D eigenvalue weighted by Crippen LogP contribution is -2.26. The van der Waals surface area contributed by atoms with Crippen LogP contribution >= 0.6 is 0 Å². The van der Waals surface area contributed by atoms with Crippen LogP contribution in [0.1, 0.15) is 54.0 Å². The fourth-order valence-electron chi connectivity index (χ4n) is 1.51. The summed E-state index contributed by atoms with van der Waals surface area (Å²) < 4.78 is 5.06. The molecule has 0 aliphatic carbocycles. The van der Waals surface area contributed by atoms with Crippen LogP contribution < -0.4 is 0 Å². The minimum Gasteiger partial charge on any atom is -0.460 e. The summed E-state index contributed by atoms with van der Waals surface area (Å²) in [6.45, 7) is 13.7. The fourth-order valence-corrected chi connectivity index (χ4v) is 1.51. The number of carbonyl (C=O) groups excluding carboxylic acids is 1. The predicted molar refractivity (Wildman–Crippen MR) is 85.7 cm³/mol. The normalized spacial score (nSPS) is 11.1. The van der Waals surface area contributed by atoms with Crippen LogP contribution in [0.3, 0.4) is 0 Å². The molecule has 0 heterocycles. The molecule has 0 saturated heterocycles. The van der Waals surface area contributed by atoms with E-state index in [-0.39, 0.29) is 17.5 Å². The third-order valence-corrected chi connectivity index (χ3v) is 2.36. The van der Waals surface area contributed by atoms with Crippen LogP contribution in [0.15, 0.2) is 30.3 Å². The van der Waals surface area contributed by atoms with Crippen LogP contribution in [0, 0.1) is 11.8 Å². The highest BCUT2D eigenvalue weighted by molar-refractivity contribution is 5.71. The first-order valence-corrected chi connectivity index (χ1v) is 7.38. The Bertz CT molecular complexity index is 372. The van der Waals surface area contributed by atoms with Gasteiger partial charge in [-0.05, 0) is 38.7 Å². The van der Waals surface area contributed by atoms with Gasteiger partial charge in [0.1, 0.15) is 5.60 Å². The SMILES string of the molecule is CC(C)C(=O)OC(C)(C)C.CC(C)Cc1ccccc1. The zero-order valence-corrected chi connectivity index (χ0v) is 14.1. The number of rotatable bonds is 3. The lowest BCUT2D eigenvalue weighted by molar-refractivity contribution is -0.158. The van der Waals surface area contributed by atoms with Crippen molar-refractivity contribution in [3.05, 3.63) is 35.9 Å². The van der Waals surface area contributed by atoms with Gasteiger partial charge in [0.15, 0.2) is 0 Å². The Balaban J connectivity index is 0.000000361. The van der Waals surface area contributed by atoms with Crippen molar-refractivity contribution in [2.75, 3.05) is 0 Å². The first-order chi connectivity index (χ1) is 9.11. The summed E-state index contributed by atoms with van der Waals surface area (Å²) in [5.74, 6) is 0.606. The van der Waals surface area contributed by atoms with Crippen molar-refractivity contribution in [2.45, 2.75) is 60.5 Å². The molecular formula is C18H30O2. The molecule has 1 aromatic carbocycles. The van der Waals surface area contributed by atoms with Crippen molar-refractivity contribution < 1.29 is 9.53 Å². The quantitative estimate of drug-likeness (QED) is 0.737. The van der Waals surface area contributed by atoms with Crippen molar-refractivity contribution in [3.8, 4) is 0 Å². The molecule has 1 rings (SSSR count). The monoisotopic (exact) mass is 278 g/mol. The molecule has 0 aromatic heterocycles. The van der Waals surface area contributed by atoms with E-state index in [0.29, 0.717) is 0 Å². The Kier molecular flexibility index (Phi) is 8.21. The highest BCUT2D eigenvalue weighted by atomic mass is 16.6. The van der Waals surface area contributed by atoms with E-state index in [0.717, 1.165) is 5.92 Å². The summed E-state index contributed by atoms with van der Waals surface area (Å²) in [4.78, 5) is 10.9. The van der Waals surface area contributed by atoms with Crippen molar-refractivity contribution in [1.82, 2.24) is 0 Å². The van der Waals surface area contributed by atoms with Crippen molar-refractivity contribution in [2.24, 2.45) is 11.8 Å². The Hall–Kier alpha value is -1.31. The van der Waals surface area contributed by atoms with Gasteiger partial charge in [-0.25, -0.2) is 0 Å². The van der Waals surface area contributed by atoms with Crippen molar-refractivity contribution >= 4 is 5.97 Å². The summed E-state index contributed by atoms with van der Waals surface area (Å²) in [5.41, 5.74) is 1.10. The molecule has 1 aromatic rings. The Morgan fingerprint density at radius 2 is 1.55 bits per heavy atom. The van der Waals surface area contributed by atoms with E-state index in [1.807, 2.05) is 34.6 Å². The summed E-state index contributed by atoms with van der Waals surface area (Å²) in [6, 6.07) is 10.6. The number of hydrogen-bond donors (Lipinski definition) is 0. The van der Waals surface area contributed by atoms with Gasteiger partial charge in [-0.2, -0.15) is 0 Å². The number of carbonyl (C=O) groups is 1. The molecule has 0 radical (unpaired) electrons. The van der Waals surface area contributed by atoms with E-state index in [1.54, 1.807) is 0 Å². The van der Waals surface area contributed by atoms with Crippen LogP contribution in [0.5, 0.6) is 0 Å². The van der Waals surface area contributed by atoms with Crippen LogP contribution in [-0.2, 0) is 16.0 Å². The van der Waals surface area contributed by atoms with E-state index in [2.05, 4.69) is 44.2 Å². The maximum atomic E-state index is 10.9. The van der Waals surface area contributed by atoms with Gasteiger partial charge in [-0.15, -0.1) is 0 Å². The molecule has 0 N–H and O–H groups in total. The average Bonchev–Trinajstić information content (AvgIpc) is 2.27. The van der Waals surface area contributed by atoms with Crippen LogP contribution in [0.25, 0.3) is 0 Å². The maximum absolute atomic E-state index is 10.9. The molecule has 2 heteroatoms. The van der Waals surface area contributed by atoms with Gasteiger partial charge in [-0.3, -0.25) is 4.79 Å². The molecule has 0 saturated carbocycles. The summed E-state index contributed by atoms with van der Waals surface area (Å²) in [6.07, 6.45) is 1.20. The fraction of sp³-hybridized carbons (Fsp3) is 0.611. The van der Waals surface area contributed by atoms with Gasteiger partial charge in [0.2, 0.25) is 0 Å². The Morgan fingerprint density at radius 3 is 1.85 bits per heavy atom. The second kappa shape index (κ2) is 8.78. The third-order valence-electron chi connectivity index (χ3n) is 2.36. The topological polar surface area (TPSA) is 26.3 Å². The Morgan fingerprint density at radius 1 is 1.05 bits per heavy atom. The number of esters is 1. The van der Waals surface area contributed by atoms with Gasteiger partial charge in [0, 0.05) is 0 Å². The molecule has 0 aliphatic rings. The molecule has 0 spiro atoms. The molecule has 2 nitrogen and oxygen atoms in total. The zero-order chi connectivity index (χ0) is 15.8. The highest BCUT2D eigenvalue weighted by Gasteiger charge is 2.18. The third kappa shape index (κ3) is 10.6. The minimum atomic E-state index is -0.346. The first-order valence-electron chi connectivity index (χ1n) is 7.38. The Labute approximate surface area is 124 Å². The molecule has 0 aliphatic heterocycles. The van der Waals surface area contributed by atoms with Crippen LogP contribution in [0.2, 0.25) is 0 Å². The van der Waals surface area contributed by atoms with E-state index in [9.17, 15) is 4.79 Å². The highest BCUT2D eigenvalue weighted by Crippen LogP contribution is 2.10. The molecule has 0 atom stereocenters. The van der Waals surface area contributed by atoms with Crippen molar-refractivity contribution in [1.29, 1.82) is 0 Å². The lowest BCUT2D eigenvalue weighted by Gasteiger charge is -2.20. The minimum absolute atomic E-state index is 0.0285. The van der Waals surface area contributed by atoms with Gasteiger partial charge in [-0.1, -0.05) is 58.0 Å². The van der Waals surface area contributed by atoms with E-state index in [1.165, 1.54) is 12.0 Å². The summed E-state index contributed by atoms with van der Waals surface area (Å²) >= 11 is 0. The largest absolute Gasteiger partial charge is 0.460 e. The standard InChI is InChI=1S/C10H14.C8H16O2/c1-9(2)8-10-6-4-3-5-7-10;1-6(2)7(9)10-8(3,4)5/h3-7,9H,8H2,1-2H3;6H,1-5H3. The molecule has 114 valence electrons. The lowest BCUT2D eigenvalue weighted by atomic mass is 10.0. The summed E-state index contributed by atoms with van der Waals surface area (Å²) in [7, 11) is 0. The van der Waals surface area contributed by atoms with Gasteiger partial charge >= 0.3 is 5.97 Å². The molecule has 0 bridgehead atoms. The smallest absolute Gasteiger partial charge is 0.308 e. The number of benzene rings is 1. The predicted octanol–water partition coefficient (Wildman–Crippen LogP) is 4.87. The first kappa shape index (κ1) is 18.7. The van der Waals surface area contributed by atoms with Gasteiger partial charge < -0.3 is 4.74 Å². The number of hydrogen-bond acceptors (Lipinski definition) is 2. The van der Waals surface area contributed by atoms with Gasteiger partial charge in [0.25, 0.3) is 0 Å². The molecule has 0 amide bonds. The van der Waals surface area contributed by atoms with E-state index >= 15 is 0 Å². The van der Waals surface area contributed by atoms with Crippen molar-refractivity contribution in [3.63, 3.8) is 0 Å². The van der Waals surface area contributed by atoms with Crippen LogP contribution in [-0.4, -0.2) is 11.6 Å². The molecular weight excluding hydrogens is 248 g/mol. The van der Waals surface area contributed by atoms with Crippen LogP contribution in [0.4, 0.5) is 0 Å². The maximum Gasteiger partial charge on any atom is 0.308 e. The molecule has 20 heavy (non-hydrogen) atoms. The average molecular weight is 278 g/mol. The van der Waals surface area contributed by atoms with E-state index < -0.39 is 0 Å². The second-order valence-electron chi connectivity index (χ2n) is 6.77. The number of ether oxygens (including phenoxy) is 1.